The Morgan fingerprint density at radius 1 is 1.05 bits per heavy atom. The lowest BCUT2D eigenvalue weighted by Gasteiger charge is -2.59. The Morgan fingerprint density at radius 2 is 1.71 bits per heavy atom. The van der Waals surface area contributed by atoms with Gasteiger partial charge < -0.3 is 5.11 Å². The second-order valence-electron chi connectivity index (χ2n) is 7.29. The summed E-state index contributed by atoms with van der Waals surface area (Å²) in [6.07, 6.45) is 0.211. The molecule has 4 aliphatic rings. The highest BCUT2D eigenvalue weighted by Crippen LogP contribution is 2.60. The first-order valence-corrected chi connectivity index (χ1v) is 7.74. The Morgan fingerprint density at radius 3 is 2.33 bits per heavy atom. The number of alkyl halides is 3. The van der Waals surface area contributed by atoms with Gasteiger partial charge in [0.2, 0.25) is 0 Å². The van der Waals surface area contributed by atoms with Crippen LogP contribution < -0.4 is 0 Å². The summed E-state index contributed by atoms with van der Waals surface area (Å²) in [6.45, 7) is 0. The van der Waals surface area contributed by atoms with Crippen LogP contribution in [0.1, 0.15) is 43.2 Å². The quantitative estimate of drug-likeness (QED) is 0.825. The van der Waals surface area contributed by atoms with Crippen LogP contribution in [-0.2, 0) is 11.6 Å². The summed E-state index contributed by atoms with van der Waals surface area (Å²) in [6, 6.07) is 5.67. The lowest BCUT2D eigenvalue weighted by molar-refractivity contribution is -0.138. The van der Waals surface area contributed by atoms with Crippen molar-refractivity contribution in [3.05, 3.63) is 35.4 Å². The summed E-state index contributed by atoms with van der Waals surface area (Å²) in [4.78, 5) is 0. The van der Waals surface area contributed by atoms with Crippen molar-refractivity contribution in [1.82, 2.24) is 0 Å². The van der Waals surface area contributed by atoms with Crippen LogP contribution in [0.4, 0.5) is 13.2 Å². The van der Waals surface area contributed by atoms with Gasteiger partial charge in [-0.1, -0.05) is 18.2 Å². The molecule has 4 fully saturated rings. The van der Waals surface area contributed by atoms with Crippen LogP contribution >= 0.6 is 0 Å². The van der Waals surface area contributed by atoms with E-state index in [1.54, 1.807) is 6.07 Å². The van der Waals surface area contributed by atoms with Crippen LogP contribution in [0.15, 0.2) is 24.3 Å². The van der Waals surface area contributed by atoms with E-state index < -0.39 is 23.3 Å². The molecule has 0 amide bonds. The topological polar surface area (TPSA) is 20.2 Å². The van der Waals surface area contributed by atoms with E-state index in [2.05, 4.69) is 0 Å². The molecule has 0 spiro atoms. The van der Waals surface area contributed by atoms with E-state index >= 15 is 0 Å². The molecule has 4 bridgehead atoms. The minimum Gasteiger partial charge on any atom is -0.392 e. The van der Waals surface area contributed by atoms with Gasteiger partial charge in [-0.2, -0.15) is 13.2 Å². The first-order valence-electron chi connectivity index (χ1n) is 7.74. The van der Waals surface area contributed by atoms with Crippen LogP contribution in [0, 0.1) is 17.8 Å². The normalized spacial score (nSPS) is 41.5. The van der Waals surface area contributed by atoms with Crippen LogP contribution in [0.2, 0.25) is 0 Å². The molecule has 5 atom stereocenters. The summed E-state index contributed by atoms with van der Waals surface area (Å²) >= 11 is 0. The molecular weight excluding hydrogens is 277 g/mol. The van der Waals surface area contributed by atoms with Crippen molar-refractivity contribution in [2.45, 2.75) is 49.8 Å². The van der Waals surface area contributed by atoms with Crippen LogP contribution in [0.3, 0.4) is 0 Å². The Labute approximate surface area is 122 Å². The fourth-order valence-electron chi connectivity index (χ4n) is 5.43. The van der Waals surface area contributed by atoms with Gasteiger partial charge in [0.15, 0.2) is 0 Å². The van der Waals surface area contributed by atoms with Crippen LogP contribution in [0.25, 0.3) is 0 Å². The van der Waals surface area contributed by atoms with E-state index in [4.69, 9.17) is 0 Å². The van der Waals surface area contributed by atoms with Gasteiger partial charge in [0, 0.05) is 5.41 Å². The summed E-state index contributed by atoms with van der Waals surface area (Å²) < 4.78 is 38.9. The molecule has 1 N–H and O–H groups in total. The predicted octanol–water partition coefficient (Wildman–Crippen LogP) is 4.14. The zero-order chi connectivity index (χ0) is 14.8. The Kier molecular flexibility index (Phi) is 2.76. The number of hydrogen-bond donors (Lipinski definition) is 1. The maximum Gasteiger partial charge on any atom is 0.416 e. The molecule has 1 nitrogen and oxygen atoms in total. The molecule has 21 heavy (non-hydrogen) atoms. The zero-order valence-electron chi connectivity index (χ0n) is 11.7. The molecule has 5 rings (SSSR count). The summed E-state index contributed by atoms with van der Waals surface area (Å²) in [5, 5.41) is 10.7. The summed E-state index contributed by atoms with van der Waals surface area (Å²) in [7, 11) is 0. The molecular formula is C17H19F3O. The lowest BCUT2D eigenvalue weighted by atomic mass is 9.46. The van der Waals surface area contributed by atoms with E-state index in [0.717, 1.165) is 31.7 Å². The Balaban J connectivity index is 1.78. The highest BCUT2D eigenvalue weighted by atomic mass is 19.4. The summed E-state index contributed by atoms with van der Waals surface area (Å²) in [5.74, 6) is 1.45. The number of rotatable bonds is 1. The van der Waals surface area contributed by atoms with E-state index in [1.807, 2.05) is 0 Å². The summed E-state index contributed by atoms with van der Waals surface area (Å²) in [5.41, 5.74) is -0.331. The third-order valence-corrected chi connectivity index (χ3v) is 6.02. The second kappa shape index (κ2) is 4.25. The molecule has 114 valence electrons. The predicted molar refractivity (Wildman–Crippen MR) is 72.7 cm³/mol. The molecule has 0 heterocycles. The Hall–Kier alpha value is -1.03. The van der Waals surface area contributed by atoms with Crippen molar-refractivity contribution in [2.75, 3.05) is 0 Å². The maximum atomic E-state index is 13.0. The Bertz CT molecular complexity index is 551. The highest BCUT2D eigenvalue weighted by Gasteiger charge is 2.57. The molecule has 1 aromatic carbocycles. The van der Waals surface area contributed by atoms with Gasteiger partial charge in [-0.05, 0) is 61.5 Å². The van der Waals surface area contributed by atoms with Gasteiger partial charge in [-0.3, -0.25) is 0 Å². The molecule has 0 saturated heterocycles. The second-order valence-corrected chi connectivity index (χ2v) is 7.29. The van der Waals surface area contributed by atoms with Crippen LogP contribution in [-0.4, -0.2) is 11.2 Å². The first kappa shape index (κ1) is 13.6. The number of halogens is 3. The van der Waals surface area contributed by atoms with E-state index in [9.17, 15) is 18.3 Å². The molecule has 3 unspecified atom stereocenters. The van der Waals surface area contributed by atoms with Gasteiger partial charge in [0.05, 0.1) is 11.7 Å². The van der Waals surface area contributed by atoms with Gasteiger partial charge in [-0.25, -0.2) is 0 Å². The SMILES string of the molecule is OC1C2C[C@@H]3C[C@H](C2)CC1(c1cccc(C(F)(F)F)c1)C3. The maximum absolute atomic E-state index is 13.0. The number of benzene rings is 1. The van der Waals surface area contributed by atoms with Crippen molar-refractivity contribution in [3.8, 4) is 0 Å². The molecule has 0 radical (unpaired) electrons. The van der Waals surface area contributed by atoms with Gasteiger partial charge in [-0.15, -0.1) is 0 Å². The lowest BCUT2D eigenvalue weighted by Crippen LogP contribution is -2.58. The molecule has 4 aliphatic carbocycles. The van der Waals surface area contributed by atoms with Crippen molar-refractivity contribution >= 4 is 0 Å². The fourth-order valence-corrected chi connectivity index (χ4v) is 5.43. The largest absolute Gasteiger partial charge is 0.416 e. The number of aliphatic hydroxyl groups excluding tert-OH is 1. The van der Waals surface area contributed by atoms with E-state index in [0.29, 0.717) is 17.4 Å². The highest BCUT2D eigenvalue weighted by molar-refractivity contribution is 5.35. The minimum absolute atomic E-state index is 0.283. The molecule has 4 saturated carbocycles. The zero-order valence-corrected chi connectivity index (χ0v) is 11.7. The average molecular weight is 296 g/mol. The molecule has 0 aliphatic heterocycles. The van der Waals surface area contributed by atoms with E-state index in [-0.39, 0.29) is 5.92 Å². The first-order chi connectivity index (χ1) is 9.88. The molecule has 4 heteroatoms. The van der Waals surface area contributed by atoms with Crippen molar-refractivity contribution < 1.29 is 18.3 Å². The van der Waals surface area contributed by atoms with Crippen molar-refractivity contribution in [1.29, 1.82) is 0 Å². The monoisotopic (exact) mass is 296 g/mol. The minimum atomic E-state index is -4.32. The number of aliphatic hydroxyl groups is 1. The smallest absolute Gasteiger partial charge is 0.392 e. The van der Waals surface area contributed by atoms with Crippen LogP contribution in [0.5, 0.6) is 0 Å². The standard InChI is InChI=1S/C17H19F3O/c18-17(19,20)14-3-1-2-13(7-14)16-8-10-4-11(9-16)6-12(5-10)15(16)21/h1-3,7,10-12,15,21H,4-6,8-9H2/t10-,11+,12?,15?,16?. The number of hydrogen-bond acceptors (Lipinski definition) is 1. The van der Waals surface area contributed by atoms with Crippen molar-refractivity contribution in [3.63, 3.8) is 0 Å². The van der Waals surface area contributed by atoms with Crippen molar-refractivity contribution in [2.24, 2.45) is 17.8 Å². The van der Waals surface area contributed by atoms with E-state index in [1.165, 1.54) is 18.6 Å². The molecule has 0 aromatic heterocycles. The third-order valence-electron chi connectivity index (χ3n) is 6.02. The third kappa shape index (κ3) is 1.95. The molecule has 1 aromatic rings. The van der Waals surface area contributed by atoms with Gasteiger partial charge in [0.1, 0.15) is 0 Å². The average Bonchev–Trinajstić information content (AvgIpc) is 2.43. The van der Waals surface area contributed by atoms with Gasteiger partial charge in [0.25, 0.3) is 0 Å². The van der Waals surface area contributed by atoms with Gasteiger partial charge >= 0.3 is 6.18 Å². The fraction of sp³-hybridized carbons (Fsp3) is 0.647.